The molecule has 0 spiro atoms. The number of fused-ring (bicyclic) bond motifs is 2. The van der Waals surface area contributed by atoms with Crippen LogP contribution in [0.2, 0.25) is 0 Å². The molecule has 4 aromatic rings. The first kappa shape index (κ1) is 15.2. The first-order valence-corrected chi connectivity index (χ1v) is 7.80. The number of hydrogen-bond donors (Lipinski definition) is 2. The standard InChI is InChI=1S/C18H15N3O4/c1-9(13-7-11-5-3-4-6-12(11)25-13)21-17(23)14-10(2)24-18-15(14)16(22)19-8-20-18/h3-9H,1-2H3,(H,21,23)(H,19,20,22)/t9-/m1/s1. The average Bonchev–Trinajstić information content (AvgIpc) is 3.15. The molecular weight excluding hydrogens is 322 g/mol. The van der Waals surface area contributed by atoms with Crippen LogP contribution >= 0.6 is 0 Å². The van der Waals surface area contributed by atoms with Gasteiger partial charge in [-0.05, 0) is 26.0 Å². The van der Waals surface area contributed by atoms with E-state index in [-0.39, 0.29) is 22.7 Å². The van der Waals surface area contributed by atoms with Crippen LogP contribution in [-0.2, 0) is 0 Å². The Balaban J connectivity index is 1.68. The molecule has 0 bridgehead atoms. The first-order chi connectivity index (χ1) is 12.0. The monoisotopic (exact) mass is 337 g/mol. The third-order valence-electron chi connectivity index (χ3n) is 4.12. The van der Waals surface area contributed by atoms with E-state index in [0.717, 1.165) is 11.0 Å². The number of aromatic nitrogens is 2. The fourth-order valence-electron chi connectivity index (χ4n) is 2.88. The largest absolute Gasteiger partial charge is 0.459 e. The molecule has 2 N–H and O–H groups in total. The zero-order valence-electron chi connectivity index (χ0n) is 13.6. The molecule has 25 heavy (non-hydrogen) atoms. The summed E-state index contributed by atoms with van der Waals surface area (Å²) in [5.41, 5.74) is 0.669. The molecule has 0 aliphatic carbocycles. The highest BCUT2D eigenvalue weighted by atomic mass is 16.3. The Labute approximate surface area is 141 Å². The van der Waals surface area contributed by atoms with Crippen molar-refractivity contribution in [2.45, 2.75) is 19.9 Å². The number of carbonyl (C=O) groups excluding carboxylic acids is 1. The zero-order valence-corrected chi connectivity index (χ0v) is 13.6. The predicted molar refractivity (Wildman–Crippen MR) is 91.5 cm³/mol. The number of benzene rings is 1. The number of para-hydroxylation sites is 1. The summed E-state index contributed by atoms with van der Waals surface area (Å²) in [7, 11) is 0. The second-order valence-electron chi connectivity index (χ2n) is 5.83. The lowest BCUT2D eigenvalue weighted by molar-refractivity contribution is 0.0935. The van der Waals surface area contributed by atoms with Crippen LogP contribution in [0, 0.1) is 6.92 Å². The molecule has 3 heterocycles. The number of nitrogens with one attached hydrogen (secondary N) is 2. The highest BCUT2D eigenvalue weighted by Gasteiger charge is 2.24. The van der Waals surface area contributed by atoms with Gasteiger partial charge in [0.1, 0.15) is 22.5 Å². The number of H-pyrrole nitrogens is 1. The number of rotatable bonds is 3. The Bertz CT molecular complexity index is 1120. The highest BCUT2D eigenvalue weighted by molar-refractivity contribution is 6.06. The van der Waals surface area contributed by atoms with Crippen molar-refractivity contribution in [3.8, 4) is 0 Å². The fourth-order valence-corrected chi connectivity index (χ4v) is 2.88. The van der Waals surface area contributed by atoms with E-state index in [1.165, 1.54) is 6.33 Å². The Hall–Kier alpha value is -3.35. The lowest BCUT2D eigenvalue weighted by atomic mass is 10.1. The number of hydrogen-bond acceptors (Lipinski definition) is 5. The van der Waals surface area contributed by atoms with Crippen LogP contribution in [0.15, 0.2) is 50.3 Å². The number of carbonyl (C=O) groups is 1. The molecule has 7 heteroatoms. The van der Waals surface area contributed by atoms with E-state index in [2.05, 4.69) is 15.3 Å². The Morgan fingerprint density at radius 1 is 1.28 bits per heavy atom. The van der Waals surface area contributed by atoms with E-state index >= 15 is 0 Å². The minimum absolute atomic E-state index is 0.141. The lowest BCUT2D eigenvalue weighted by Gasteiger charge is -2.10. The summed E-state index contributed by atoms with van der Waals surface area (Å²) in [6, 6.07) is 9.13. The number of aryl methyl sites for hydroxylation is 1. The molecule has 1 atom stereocenters. The Morgan fingerprint density at radius 3 is 2.88 bits per heavy atom. The molecule has 0 unspecified atom stereocenters. The van der Waals surface area contributed by atoms with Gasteiger partial charge < -0.3 is 19.1 Å². The van der Waals surface area contributed by atoms with Gasteiger partial charge in [0.2, 0.25) is 5.71 Å². The van der Waals surface area contributed by atoms with Gasteiger partial charge in [0.25, 0.3) is 11.5 Å². The van der Waals surface area contributed by atoms with Crippen LogP contribution < -0.4 is 10.9 Å². The van der Waals surface area contributed by atoms with Crippen molar-refractivity contribution in [3.05, 3.63) is 64.1 Å². The van der Waals surface area contributed by atoms with Crippen LogP contribution in [0.25, 0.3) is 22.1 Å². The van der Waals surface area contributed by atoms with Crippen molar-refractivity contribution >= 4 is 28.0 Å². The third kappa shape index (κ3) is 2.50. The van der Waals surface area contributed by atoms with E-state index in [1.807, 2.05) is 37.3 Å². The van der Waals surface area contributed by atoms with Gasteiger partial charge in [-0.3, -0.25) is 9.59 Å². The summed E-state index contributed by atoms with van der Waals surface area (Å²) in [4.78, 5) is 31.1. The summed E-state index contributed by atoms with van der Waals surface area (Å²) in [6.07, 6.45) is 1.24. The SMILES string of the molecule is Cc1oc2nc[nH]c(=O)c2c1C(=O)N[C@H](C)c1cc2ccccc2o1. The second kappa shape index (κ2) is 5.62. The third-order valence-corrected chi connectivity index (χ3v) is 4.12. The number of amides is 1. The van der Waals surface area contributed by atoms with E-state index in [4.69, 9.17) is 8.83 Å². The minimum Gasteiger partial charge on any atom is -0.459 e. The summed E-state index contributed by atoms with van der Waals surface area (Å²) in [5.74, 6) is 0.559. The van der Waals surface area contributed by atoms with E-state index < -0.39 is 11.5 Å². The predicted octanol–water partition coefficient (Wildman–Crippen LogP) is 3.06. The molecule has 7 nitrogen and oxygen atoms in total. The maximum Gasteiger partial charge on any atom is 0.262 e. The van der Waals surface area contributed by atoms with Gasteiger partial charge in [-0.25, -0.2) is 4.98 Å². The van der Waals surface area contributed by atoms with Crippen molar-refractivity contribution in [2.24, 2.45) is 0 Å². The molecule has 0 saturated heterocycles. The smallest absolute Gasteiger partial charge is 0.262 e. The van der Waals surface area contributed by atoms with E-state index in [9.17, 15) is 9.59 Å². The normalized spacial score (nSPS) is 12.6. The molecule has 0 saturated carbocycles. The number of nitrogens with zero attached hydrogens (tertiary/aromatic N) is 1. The molecule has 1 aromatic carbocycles. The first-order valence-electron chi connectivity index (χ1n) is 7.80. The van der Waals surface area contributed by atoms with Crippen LogP contribution in [0.5, 0.6) is 0 Å². The maximum atomic E-state index is 12.7. The quantitative estimate of drug-likeness (QED) is 0.598. The molecular formula is C18H15N3O4. The van der Waals surface area contributed by atoms with Crippen LogP contribution in [0.1, 0.15) is 34.8 Å². The molecule has 0 fully saturated rings. The van der Waals surface area contributed by atoms with Crippen molar-refractivity contribution in [1.29, 1.82) is 0 Å². The number of furan rings is 2. The summed E-state index contributed by atoms with van der Waals surface area (Å²) in [5, 5.41) is 3.96. The molecule has 0 radical (unpaired) electrons. The topological polar surface area (TPSA) is 101 Å². The zero-order chi connectivity index (χ0) is 17.6. The summed E-state index contributed by atoms with van der Waals surface area (Å²) in [6.45, 7) is 3.44. The van der Waals surface area contributed by atoms with Gasteiger partial charge in [-0.15, -0.1) is 0 Å². The molecule has 0 aliphatic rings. The van der Waals surface area contributed by atoms with Crippen molar-refractivity contribution in [2.75, 3.05) is 0 Å². The van der Waals surface area contributed by atoms with Gasteiger partial charge in [0.05, 0.1) is 17.9 Å². The van der Waals surface area contributed by atoms with Crippen molar-refractivity contribution < 1.29 is 13.6 Å². The summed E-state index contributed by atoms with van der Waals surface area (Å²) >= 11 is 0. The minimum atomic E-state index is -0.414. The average molecular weight is 337 g/mol. The van der Waals surface area contributed by atoms with Crippen molar-refractivity contribution in [1.82, 2.24) is 15.3 Å². The molecule has 1 amide bonds. The van der Waals surface area contributed by atoms with Crippen LogP contribution in [-0.4, -0.2) is 15.9 Å². The molecule has 0 aliphatic heterocycles. The van der Waals surface area contributed by atoms with Crippen LogP contribution in [0.4, 0.5) is 0 Å². The van der Waals surface area contributed by atoms with Gasteiger partial charge in [0.15, 0.2) is 0 Å². The molecule has 126 valence electrons. The van der Waals surface area contributed by atoms with Crippen LogP contribution in [0.3, 0.4) is 0 Å². The fraction of sp³-hybridized carbons (Fsp3) is 0.167. The Morgan fingerprint density at radius 2 is 2.08 bits per heavy atom. The van der Waals surface area contributed by atoms with E-state index in [1.54, 1.807) is 6.92 Å². The van der Waals surface area contributed by atoms with Gasteiger partial charge in [0, 0.05) is 5.39 Å². The van der Waals surface area contributed by atoms with Gasteiger partial charge in [-0.2, -0.15) is 0 Å². The lowest BCUT2D eigenvalue weighted by Crippen LogP contribution is -2.27. The molecule has 3 aromatic heterocycles. The number of aromatic amines is 1. The highest BCUT2D eigenvalue weighted by Crippen LogP contribution is 2.25. The van der Waals surface area contributed by atoms with E-state index in [0.29, 0.717) is 11.5 Å². The van der Waals surface area contributed by atoms with Crippen molar-refractivity contribution in [3.63, 3.8) is 0 Å². The Kier molecular flexibility index (Phi) is 3.42. The van der Waals surface area contributed by atoms with Gasteiger partial charge in [-0.1, -0.05) is 18.2 Å². The maximum absolute atomic E-state index is 12.7. The molecule has 4 rings (SSSR count). The summed E-state index contributed by atoms with van der Waals surface area (Å²) < 4.78 is 11.2. The second-order valence-corrected chi connectivity index (χ2v) is 5.83. The van der Waals surface area contributed by atoms with Gasteiger partial charge >= 0.3 is 0 Å².